The van der Waals surface area contributed by atoms with Crippen molar-refractivity contribution in [1.82, 2.24) is 19.9 Å². The van der Waals surface area contributed by atoms with Crippen LogP contribution in [0.3, 0.4) is 0 Å². The smallest absolute Gasteiger partial charge is 0.323 e. The van der Waals surface area contributed by atoms with Gasteiger partial charge in [0.05, 0.1) is 24.1 Å². The Morgan fingerprint density at radius 2 is 1.56 bits per heavy atom. The fourth-order valence-electron chi connectivity index (χ4n) is 5.58. The molecule has 2 unspecified atom stereocenters. The fraction of sp³-hybridized carbons (Fsp3) is 0.467. The Morgan fingerprint density at radius 3 is 2.22 bits per heavy atom. The van der Waals surface area contributed by atoms with Crippen molar-refractivity contribution in [3.05, 3.63) is 48.7 Å². The molecule has 6 rings (SSSR count). The number of carbonyl (C=O) groups is 1. The number of ether oxygens (including phenoxy) is 1. The lowest BCUT2D eigenvalue weighted by molar-refractivity contribution is 0.0302. The summed E-state index contributed by atoms with van der Waals surface area (Å²) in [6.45, 7) is 9.83. The second-order valence-corrected chi connectivity index (χ2v) is 11.4. The van der Waals surface area contributed by atoms with Gasteiger partial charge >= 0.3 is 6.03 Å². The predicted molar refractivity (Wildman–Crippen MR) is 163 cm³/mol. The lowest BCUT2D eigenvalue weighted by Crippen LogP contribution is -2.44. The minimum absolute atomic E-state index is 0.245. The van der Waals surface area contributed by atoms with E-state index in [0.29, 0.717) is 17.2 Å². The summed E-state index contributed by atoms with van der Waals surface area (Å²) in [4.78, 5) is 33.8. The van der Waals surface area contributed by atoms with Crippen LogP contribution in [0.25, 0.3) is 11.4 Å². The quantitative estimate of drug-likeness (QED) is 0.395. The highest BCUT2D eigenvalue weighted by Gasteiger charge is 2.34. The van der Waals surface area contributed by atoms with Crippen molar-refractivity contribution in [2.45, 2.75) is 44.9 Å². The molecule has 2 atom stereocenters. The standard InChI is InChI=1S/C30H39N9O2/c1-20(2)32-26-16-28(39-18-24-9-10-25(19-39)41-24)36-29(35-26)21-4-6-22(7-5-21)33-30(40)34-23-8-11-27(31-17-23)38-14-12-37(3)13-15-38/h4-8,11,16-17,20,24-25H,9-10,12-15,18-19H2,1-3H3,(H,32,35,36)(H2,33,34,40). The number of likely N-dealkylation sites (N-methyl/N-ethyl adjacent to an activating group) is 1. The summed E-state index contributed by atoms with van der Waals surface area (Å²) < 4.78 is 6.03. The van der Waals surface area contributed by atoms with E-state index in [1.807, 2.05) is 42.5 Å². The summed E-state index contributed by atoms with van der Waals surface area (Å²) >= 11 is 0. The maximum atomic E-state index is 12.7. The average Bonchev–Trinajstić information content (AvgIpc) is 3.30. The molecule has 216 valence electrons. The number of fused-ring (bicyclic) bond motifs is 2. The highest BCUT2D eigenvalue weighted by Crippen LogP contribution is 2.31. The molecule has 0 spiro atoms. The molecule has 3 aliphatic heterocycles. The molecule has 3 aliphatic rings. The molecule has 2 aromatic heterocycles. The van der Waals surface area contributed by atoms with Gasteiger partial charge in [-0.25, -0.2) is 19.7 Å². The highest BCUT2D eigenvalue weighted by atomic mass is 16.5. The molecular formula is C30H39N9O2. The number of hydrogen-bond donors (Lipinski definition) is 3. The van der Waals surface area contributed by atoms with E-state index < -0.39 is 0 Å². The number of benzene rings is 1. The number of morpholine rings is 1. The Kier molecular flexibility index (Phi) is 7.89. The van der Waals surface area contributed by atoms with Crippen LogP contribution < -0.4 is 25.8 Å². The molecular weight excluding hydrogens is 518 g/mol. The first-order chi connectivity index (χ1) is 19.9. The molecule has 0 saturated carbocycles. The number of hydrogen-bond acceptors (Lipinski definition) is 9. The second kappa shape index (κ2) is 11.9. The number of pyridine rings is 1. The third-order valence-corrected chi connectivity index (χ3v) is 7.75. The van der Waals surface area contributed by atoms with Crippen LogP contribution >= 0.6 is 0 Å². The van der Waals surface area contributed by atoms with Crippen molar-refractivity contribution in [3.8, 4) is 11.4 Å². The molecule has 11 heteroatoms. The summed E-state index contributed by atoms with van der Waals surface area (Å²) in [6.07, 6.45) is 4.46. The summed E-state index contributed by atoms with van der Waals surface area (Å²) in [5, 5.41) is 9.20. The van der Waals surface area contributed by atoms with Gasteiger partial charge in [-0.2, -0.15) is 0 Å². The number of urea groups is 1. The van der Waals surface area contributed by atoms with Gasteiger partial charge in [0.15, 0.2) is 5.82 Å². The summed E-state index contributed by atoms with van der Waals surface area (Å²) in [5.41, 5.74) is 2.20. The number of rotatable bonds is 7. The first kappa shape index (κ1) is 27.2. The predicted octanol–water partition coefficient (Wildman–Crippen LogP) is 4.12. The van der Waals surface area contributed by atoms with Crippen molar-refractivity contribution in [3.63, 3.8) is 0 Å². The minimum atomic E-state index is -0.324. The van der Waals surface area contributed by atoms with Crippen molar-refractivity contribution < 1.29 is 9.53 Å². The maximum Gasteiger partial charge on any atom is 0.323 e. The largest absolute Gasteiger partial charge is 0.371 e. The van der Waals surface area contributed by atoms with E-state index in [4.69, 9.17) is 14.7 Å². The Bertz CT molecular complexity index is 1330. The molecule has 2 amide bonds. The van der Waals surface area contributed by atoms with Gasteiger partial charge in [0.1, 0.15) is 17.5 Å². The third-order valence-electron chi connectivity index (χ3n) is 7.75. The first-order valence-electron chi connectivity index (χ1n) is 14.5. The third kappa shape index (κ3) is 6.68. The Labute approximate surface area is 241 Å². The van der Waals surface area contributed by atoms with Crippen LogP contribution in [0.5, 0.6) is 0 Å². The zero-order valence-corrected chi connectivity index (χ0v) is 24.0. The van der Waals surface area contributed by atoms with E-state index in [1.54, 1.807) is 6.20 Å². The summed E-state index contributed by atoms with van der Waals surface area (Å²) in [7, 11) is 2.13. The molecule has 3 N–H and O–H groups in total. The van der Waals surface area contributed by atoms with E-state index in [9.17, 15) is 4.79 Å². The number of anilines is 5. The van der Waals surface area contributed by atoms with E-state index >= 15 is 0 Å². The summed E-state index contributed by atoms with van der Waals surface area (Å²) in [5.74, 6) is 3.28. The Morgan fingerprint density at radius 1 is 0.878 bits per heavy atom. The molecule has 1 aromatic carbocycles. The van der Waals surface area contributed by atoms with Crippen molar-refractivity contribution in [1.29, 1.82) is 0 Å². The first-order valence-corrected chi connectivity index (χ1v) is 14.5. The van der Waals surface area contributed by atoms with Gasteiger partial charge < -0.3 is 35.4 Å². The van der Waals surface area contributed by atoms with Crippen LogP contribution in [0.15, 0.2) is 48.7 Å². The topological polar surface area (TPSA) is 111 Å². The van der Waals surface area contributed by atoms with E-state index in [2.05, 4.69) is 56.5 Å². The number of amides is 2. The fourth-order valence-corrected chi connectivity index (χ4v) is 5.58. The Balaban J connectivity index is 1.10. The van der Waals surface area contributed by atoms with E-state index in [1.165, 1.54) is 0 Å². The Hall–Kier alpha value is -3.96. The number of carbonyl (C=O) groups excluding carboxylic acids is 1. The van der Waals surface area contributed by atoms with Crippen molar-refractivity contribution in [2.24, 2.45) is 0 Å². The van der Waals surface area contributed by atoms with Crippen LogP contribution in [-0.2, 0) is 4.74 Å². The lowest BCUT2D eigenvalue weighted by Gasteiger charge is -2.33. The van der Waals surface area contributed by atoms with Crippen molar-refractivity contribution in [2.75, 3.05) is 72.1 Å². The maximum absolute atomic E-state index is 12.7. The number of nitrogens with zero attached hydrogens (tertiary/aromatic N) is 6. The van der Waals surface area contributed by atoms with Gasteiger partial charge in [-0.1, -0.05) is 0 Å². The van der Waals surface area contributed by atoms with Crippen LogP contribution in [0.4, 0.5) is 33.6 Å². The van der Waals surface area contributed by atoms with Crippen LogP contribution in [-0.4, -0.2) is 90.4 Å². The number of nitrogens with one attached hydrogen (secondary N) is 3. The SMILES string of the molecule is CC(C)Nc1cc(N2CC3CCC(C2)O3)nc(-c2ccc(NC(=O)Nc3ccc(N4CCN(C)CC4)nc3)cc2)n1. The zero-order valence-electron chi connectivity index (χ0n) is 24.0. The molecule has 3 fully saturated rings. The number of aromatic nitrogens is 3. The minimum Gasteiger partial charge on any atom is -0.371 e. The lowest BCUT2D eigenvalue weighted by atomic mass is 10.2. The molecule has 0 radical (unpaired) electrons. The number of piperazine rings is 1. The highest BCUT2D eigenvalue weighted by molar-refractivity contribution is 5.99. The van der Waals surface area contributed by atoms with Gasteiger partial charge in [-0.3, -0.25) is 0 Å². The summed E-state index contributed by atoms with van der Waals surface area (Å²) in [6, 6.07) is 13.4. The van der Waals surface area contributed by atoms with Gasteiger partial charge in [0.25, 0.3) is 0 Å². The zero-order chi connectivity index (χ0) is 28.3. The average molecular weight is 558 g/mol. The van der Waals surface area contributed by atoms with Gasteiger partial charge in [-0.15, -0.1) is 0 Å². The molecule has 0 aliphatic carbocycles. The molecule has 3 aromatic rings. The molecule has 3 saturated heterocycles. The van der Waals surface area contributed by atoms with Gasteiger partial charge in [-0.05, 0) is 70.1 Å². The molecule has 11 nitrogen and oxygen atoms in total. The van der Waals surface area contributed by atoms with Crippen LogP contribution in [0.1, 0.15) is 26.7 Å². The molecule has 5 heterocycles. The van der Waals surface area contributed by atoms with Gasteiger partial charge in [0, 0.05) is 62.6 Å². The second-order valence-electron chi connectivity index (χ2n) is 11.4. The van der Waals surface area contributed by atoms with Crippen LogP contribution in [0.2, 0.25) is 0 Å². The molecule has 2 bridgehead atoms. The normalized spacial score (nSPS) is 20.8. The van der Waals surface area contributed by atoms with Crippen molar-refractivity contribution >= 4 is 34.9 Å². The monoisotopic (exact) mass is 557 g/mol. The van der Waals surface area contributed by atoms with Crippen LogP contribution in [0, 0.1) is 0 Å². The van der Waals surface area contributed by atoms with Gasteiger partial charge in [0.2, 0.25) is 0 Å². The van der Waals surface area contributed by atoms with E-state index in [0.717, 1.165) is 75.1 Å². The molecule has 41 heavy (non-hydrogen) atoms. The van der Waals surface area contributed by atoms with E-state index in [-0.39, 0.29) is 24.3 Å².